The van der Waals surface area contributed by atoms with Gasteiger partial charge in [-0.15, -0.1) is 0 Å². The van der Waals surface area contributed by atoms with Crippen molar-refractivity contribution >= 4 is 11.8 Å². The Hall–Kier alpha value is -1.64. The van der Waals surface area contributed by atoms with Crippen molar-refractivity contribution in [2.24, 2.45) is 11.8 Å². The summed E-state index contributed by atoms with van der Waals surface area (Å²) in [6, 6.07) is 7.91. The number of esters is 1. The third kappa shape index (κ3) is 0.775. The maximum atomic E-state index is 11.9. The molecule has 4 bridgehead atoms. The smallest absolute Gasteiger partial charge is 0.311 e. The number of rotatable bonds is 0. The van der Waals surface area contributed by atoms with Gasteiger partial charge < -0.3 is 4.74 Å². The summed E-state index contributed by atoms with van der Waals surface area (Å²) in [7, 11) is 0. The zero-order chi connectivity index (χ0) is 10.9. The Balaban J connectivity index is 2.01. The molecule has 3 nitrogen and oxygen atoms in total. The number of carbonyl (C=O) groups excluding carboxylic acids is 2. The number of hydrogen-bond donors (Lipinski definition) is 0. The maximum absolute atomic E-state index is 11.9. The van der Waals surface area contributed by atoms with Gasteiger partial charge in [-0.05, 0) is 11.1 Å². The number of ether oxygens (including phenoxy) is 1. The molecular weight excluding hydrogens is 204 g/mol. The molecule has 1 aromatic carbocycles. The van der Waals surface area contributed by atoms with E-state index < -0.39 is 0 Å². The van der Waals surface area contributed by atoms with Crippen molar-refractivity contribution in [3.05, 3.63) is 35.4 Å². The second-order valence-electron chi connectivity index (χ2n) is 4.81. The molecule has 0 unspecified atom stereocenters. The summed E-state index contributed by atoms with van der Waals surface area (Å²) in [6.45, 7) is 0. The van der Waals surface area contributed by atoms with Gasteiger partial charge in [0.25, 0.3) is 0 Å². The lowest BCUT2D eigenvalue weighted by Crippen LogP contribution is -2.24. The van der Waals surface area contributed by atoms with Crippen LogP contribution in [-0.2, 0) is 14.3 Å². The largest absolute Gasteiger partial charge is 0.456 e. The van der Waals surface area contributed by atoms with Gasteiger partial charge in [-0.2, -0.15) is 0 Å². The summed E-state index contributed by atoms with van der Waals surface area (Å²) in [5.41, 5.74) is 2.19. The van der Waals surface area contributed by atoms with Crippen molar-refractivity contribution in [1.29, 1.82) is 0 Å². The van der Waals surface area contributed by atoms with Gasteiger partial charge in [-0.1, -0.05) is 24.3 Å². The zero-order valence-corrected chi connectivity index (χ0v) is 8.55. The van der Waals surface area contributed by atoms with E-state index >= 15 is 0 Å². The first-order chi connectivity index (χ1) is 7.77. The Morgan fingerprint density at radius 1 is 1.06 bits per heavy atom. The highest BCUT2D eigenvalue weighted by Crippen LogP contribution is 2.58. The molecule has 1 saturated carbocycles. The van der Waals surface area contributed by atoms with E-state index in [9.17, 15) is 9.59 Å². The van der Waals surface area contributed by atoms with Crippen LogP contribution < -0.4 is 0 Å². The van der Waals surface area contributed by atoms with E-state index in [0.717, 1.165) is 11.1 Å². The Morgan fingerprint density at radius 2 is 1.81 bits per heavy atom. The monoisotopic (exact) mass is 214 g/mol. The topological polar surface area (TPSA) is 43.4 Å². The minimum atomic E-state index is -0.306. The number of carbonyl (C=O) groups is 2. The van der Waals surface area contributed by atoms with Crippen molar-refractivity contribution < 1.29 is 14.3 Å². The van der Waals surface area contributed by atoms with Crippen molar-refractivity contribution in [2.45, 2.75) is 18.4 Å². The molecule has 1 aliphatic heterocycles. The molecule has 3 aliphatic rings. The third-order valence-electron chi connectivity index (χ3n) is 4.16. The molecule has 1 saturated heterocycles. The van der Waals surface area contributed by atoms with Gasteiger partial charge in [0.05, 0.1) is 11.8 Å². The van der Waals surface area contributed by atoms with Gasteiger partial charge in [0, 0.05) is 12.3 Å². The second kappa shape index (κ2) is 2.54. The molecule has 2 fully saturated rings. The lowest BCUT2D eigenvalue weighted by Gasteiger charge is -2.24. The van der Waals surface area contributed by atoms with E-state index in [1.54, 1.807) is 0 Å². The Kier molecular flexibility index (Phi) is 1.35. The molecule has 0 aromatic heterocycles. The highest BCUT2D eigenvalue weighted by atomic mass is 16.6. The van der Waals surface area contributed by atoms with Crippen LogP contribution in [0.5, 0.6) is 0 Å². The van der Waals surface area contributed by atoms with Gasteiger partial charge >= 0.3 is 5.97 Å². The normalized spacial score (nSPS) is 38.5. The van der Waals surface area contributed by atoms with Crippen LogP contribution in [0.1, 0.15) is 29.6 Å². The van der Waals surface area contributed by atoms with E-state index in [1.165, 1.54) is 0 Å². The highest BCUT2D eigenvalue weighted by Gasteiger charge is 2.61. The SMILES string of the molecule is O=C1C[C@H]2c3ccccc3[C@H]3OC(=O)[C@@H]2[C@@H]13. The fourth-order valence-corrected chi connectivity index (χ4v) is 3.54. The Morgan fingerprint density at radius 3 is 2.62 bits per heavy atom. The first-order valence-electron chi connectivity index (χ1n) is 5.59. The summed E-state index contributed by atoms with van der Waals surface area (Å²) in [5.74, 6) is -0.316. The molecule has 0 spiro atoms. The van der Waals surface area contributed by atoms with Crippen molar-refractivity contribution in [3.63, 3.8) is 0 Å². The molecule has 2 aliphatic carbocycles. The van der Waals surface area contributed by atoms with E-state index in [0.29, 0.717) is 6.42 Å². The van der Waals surface area contributed by atoms with E-state index in [1.807, 2.05) is 24.3 Å². The summed E-state index contributed by atoms with van der Waals surface area (Å²) in [6.07, 6.45) is 0.206. The summed E-state index contributed by atoms with van der Waals surface area (Å²) < 4.78 is 5.36. The predicted molar refractivity (Wildman–Crippen MR) is 54.6 cm³/mol. The number of ketones is 1. The molecule has 16 heavy (non-hydrogen) atoms. The average molecular weight is 214 g/mol. The van der Waals surface area contributed by atoms with Crippen LogP contribution in [0.4, 0.5) is 0 Å². The number of Topliss-reactive ketones (excluding diaryl/α,β-unsaturated/α-hetero) is 1. The lowest BCUT2D eigenvalue weighted by atomic mass is 9.75. The van der Waals surface area contributed by atoms with Crippen LogP contribution in [0.25, 0.3) is 0 Å². The van der Waals surface area contributed by atoms with Gasteiger partial charge in [0.2, 0.25) is 0 Å². The van der Waals surface area contributed by atoms with Gasteiger partial charge in [0.15, 0.2) is 0 Å². The second-order valence-corrected chi connectivity index (χ2v) is 4.81. The first-order valence-corrected chi connectivity index (χ1v) is 5.59. The predicted octanol–water partition coefficient (Wildman–Crippen LogP) is 1.59. The van der Waals surface area contributed by atoms with Crippen LogP contribution in [0.15, 0.2) is 24.3 Å². The zero-order valence-electron chi connectivity index (χ0n) is 8.55. The van der Waals surface area contributed by atoms with Crippen molar-refractivity contribution in [2.75, 3.05) is 0 Å². The van der Waals surface area contributed by atoms with Crippen LogP contribution in [-0.4, -0.2) is 11.8 Å². The van der Waals surface area contributed by atoms with Crippen LogP contribution in [0.3, 0.4) is 0 Å². The van der Waals surface area contributed by atoms with Crippen LogP contribution >= 0.6 is 0 Å². The summed E-state index contributed by atoms with van der Waals surface area (Å²) >= 11 is 0. The van der Waals surface area contributed by atoms with Gasteiger partial charge in [-0.25, -0.2) is 0 Å². The molecular formula is C13H10O3. The number of hydrogen-bond acceptors (Lipinski definition) is 3. The fraction of sp³-hybridized carbons (Fsp3) is 0.385. The standard InChI is InChI=1S/C13H10O3/c14-9-5-8-6-3-1-2-4-7(6)12-11(9)10(8)13(15)16-12/h1-4,8,10-12H,5H2/t8-,10-,11+,12+/m0/s1. The van der Waals surface area contributed by atoms with E-state index in [2.05, 4.69) is 0 Å². The highest BCUT2D eigenvalue weighted by molar-refractivity contribution is 5.96. The van der Waals surface area contributed by atoms with Crippen molar-refractivity contribution in [3.8, 4) is 0 Å². The lowest BCUT2D eigenvalue weighted by molar-refractivity contribution is -0.144. The molecule has 80 valence electrons. The Bertz CT molecular complexity index is 473. The van der Waals surface area contributed by atoms with E-state index in [-0.39, 0.29) is 35.6 Å². The molecule has 3 heteroatoms. The summed E-state index contributed by atoms with van der Waals surface area (Å²) in [5, 5.41) is 0. The molecule has 0 amide bonds. The van der Waals surface area contributed by atoms with Crippen molar-refractivity contribution in [1.82, 2.24) is 0 Å². The number of benzene rings is 1. The van der Waals surface area contributed by atoms with Gasteiger partial charge in [-0.3, -0.25) is 9.59 Å². The molecule has 4 rings (SSSR count). The molecule has 0 N–H and O–H groups in total. The average Bonchev–Trinajstić information content (AvgIpc) is 2.73. The Labute approximate surface area is 92.4 Å². The molecule has 4 atom stereocenters. The third-order valence-corrected chi connectivity index (χ3v) is 4.16. The number of fused-ring (bicyclic) bond motifs is 3. The van der Waals surface area contributed by atoms with Crippen LogP contribution in [0.2, 0.25) is 0 Å². The van der Waals surface area contributed by atoms with Gasteiger partial charge in [0.1, 0.15) is 11.9 Å². The molecule has 1 aromatic rings. The summed E-state index contributed by atoms with van der Waals surface area (Å²) in [4.78, 5) is 23.7. The van der Waals surface area contributed by atoms with Crippen LogP contribution in [0, 0.1) is 11.8 Å². The minimum Gasteiger partial charge on any atom is -0.456 e. The quantitative estimate of drug-likeness (QED) is 0.616. The van der Waals surface area contributed by atoms with E-state index in [4.69, 9.17) is 4.74 Å². The molecule has 0 radical (unpaired) electrons. The first kappa shape index (κ1) is 8.50. The maximum Gasteiger partial charge on any atom is 0.311 e. The molecule has 1 heterocycles. The minimum absolute atomic E-state index is 0.0694. The fourth-order valence-electron chi connectivity index (χ4n) is 3.54.